The molecule has 0 aliphatic heterocycles. The first-order chi connectivity index (χ1) is 11.8. The quantitative estimate of drug-likeness (QED) is 0.740. The second-order valence-electron chi connectivity index (χ2n) is 5.24. The van der Waals surface area contributed by atoms with Crippen molar-refractivity contribution < 1.29 is 9.00 Å². The molecule has 2 unspecified atom stereocenters. The Kier molecular flexibility index (Phi) is 5.77. The highest BCUT2D eigenvalue weighted by molar-refractivity contribution is 7.94. The van der Waals surface area contributed by atoms with Crippen LogP contribution in [-0.4, -0.2) is 42.9 Å². The lowest BCUT2D eigenvalue weighted by molar-refractivity contribution is -0.117. The van der Waals surface area contributed by atoms with Gasteiger partial charge in [-0.2, -0.15) is 10.4 Å². The molecule has 2 aromatic rings. The Bertz CT molecular complexity index is 927. The Morgan fingerprint density at radius 2 is 2.32 bits per heavy atom. The van der Waals surface area contributed by atoms with Crippen molar-refractivity contribution in [2.24, 2.45) is 4.36 Å². The summed E-state index contributed by atoms with van der Waals surface area (Å²) in [6.45, 7) is 3.54. The van der Waals surface area contributed by atoms with Gasteiger partial charge in [0.1, 0.15) is 10.9 Å². The molecule has 0 saturated carbocycles. The Morgan fingerprint density at radius 3 is 2.88 bits per heavy atom. The zero-order valence-electron chi connectivity index (χ0n) is 14.0. The van der Waals surface area contributed by atoms with E-state index >= 15 is 0 Å². The molecule has 10 heteroatoms. The van der Waals surface area contributed by atoms with Crippen molar-refractivity contribution in [2.75, 3.05) is 17.7 Å². The van der Waals surface area contributed by atoms with E-state index in [-0.39, 0.29) is 5.15 Å². The summed E-state index contributed by atoms with van der Waals surface area (Å²) < 4.78 is 17.3. The molecule has 2 heterocycles. The van der Waals surface area contributed by atoms with E-state index in [2.05, 4.69) is 14.4 Å². The van der Waals surface area contributed by atoms with Gasteiger partial charge in [0.25, 0.3) is 0 Å². The van der Waals surface area contributed by atoms with Crippen LogP contribution in [0, 0.1) is 11.5 Å². The highest BCUT2D eigenvalue weighted by Crippen LogP contribution is 2.27. The van der Waals surface area contributed by atoms with Crippen molar-refractivity contribution in [3.05, 3.63) is 35.9 Å². The van der Waals surface area contributed by atoms with Crippen LogP contribution in [-0.2, 0) is 14.5 Å². The van der Waals surface area contributed by atoms with E-state index in [4.69, 9.17) is 16.9 Å². The molecule has 0 aromatic carbocycles. The molecule has 1 amide bonds. The lowest BCUT2D eigenvalue weighted by Crippen LogP contribution is -2.41. The van der Waals surface area contributed by atoms with E-state index in [1.54, 1.807) is 37.6 Å². The summed E-state index contributed by atoms with van der Waals surface area (Å²) >= 11 is 6.20. The first-order valence-corrected chi connectivity index (χ1v) is 9.74. The van der Waals surface area contributed by atoms with Gasteiger partial charge >= 0.3 is 0 Å². The Morgan fingerprint density at radius 1 is 1.60 bits per heavy atom. The summed E-state index contributed by atoms with van der Waals surface area (Å²) in [5.41, 5.74) is 1.07. The van der Waals surface area contributed by atoms with Crippen molar-refractivity contribution in [1.82, 2.24) is 14.8 Å². The third kappa shape index (κ3) is 3.97. The molecule has 132 valence electrons. The number of pyridine rings is 1. The second-order valence-corrected chi connectivity index (χ2v) is 8.21. The molecule has 0 aliphatic carbocycles. The Balaban J connectivity index is 2.41. The monoisotopic (exact) mass is 380 g/mol. The van der Waals surface area contributed by atoms with Gasteiger partial charge in [-0.1, -0.05) is 11.6 Å². The number of nitriles is 1. The zero-order valence-corrected chi connectivity index (χ0v) is 15.5. The van der Waals surface area contributed by atoms with Crippen molar-refractivity contribution in [3.8, 4) is 11.9 Å². The van der Waals surface area contributed by atoms with Gasteiger partial charge in [-0.05, 0) is 26.0 Å². The number of hydrogen-bond acceptors (Lipinski definition) is 6. The molecule has 0 aliphatic rings. The number of anilines is 1. The van der Waals surface area contributed by atoms with Crippen LogP contribution in [0.5, 0.6) is 0 Å². The molecule has 0 N–H and O–H groups in total. The average Bonchev–Trinajstić information content (AvgIpc) is 2.97. The number of carbonyl (C=O) groups excluding carboxylic acids is 1. The molecule has 2 rings (SSSR count). The molecule has 25 heavy (non-hydrogen) atoms. The van der Waals surface area contributed by atoms with Crippen molar-refractivity contribution in [3.63, 3.8) is 0 Å². The van der Waals surface area contributed by atoms with Gasteiger partial charge in [0.05, 0.1) is 27.8 Å². The smallest absolute Gasteiger partial charge is 0.243 e. The van der Waals surface area contributed by atoms with E-state index < -0.39 is 20.9 Å². The molecule has 2 aromatic heterocycles. The topological polar surface area (TPSA) is 104 Å². The average molecular weight is 381 g/mol. The molecule has 0 spiro atoms. The molecule has 2 atom stereocenters. The van der Waals surface area contributed by atoms with Gasteiger partial charge in [-0.3, -0.25) is 9.78 Å². The number of aromatic nitrogens is 3. The molecule has 0 fully saturated rings. The summed E-state index contributed by atoms with van der Waals surface area (Å²) in [6.07, 6.45) is 7.64. The highest BCUT2D eigenvalue weighted by atomic mass is 35.5. The van der Waals surface area contributed by atoms with Crippen LogP contribution in [0.2, 0.25) is 5.15 Å². The first kappa shape index (κ1) is 18.9. The SMILES string of the molecule is CCN(C(=O)C(C)S(C)(=O)=NC#N)c1cn(-c2cccnc2)nc1Cl. The van der Waals surface area contributed by atoms with E-state index in [9.17, 15) is 9.00 Å². The van der Waals surface area contributed by atoms with Crippen LogP contribution in [0.15, 0.2) is 35.1 Å². The number of nitrogens with zero attached hydrogens (tertiary/aromatic N) is 6. The van der Waals surface area contributed by atoms with Gasteiger partial charge in [0.2, 0.25) is 12.1 Å². The van der Waals surface area contributed by atoms with Crippen molar-refractivity contribution in [2.45, 2.75) is 19.1 Å². The van der Waals surface area contributed by atoms with Crippen molar-refractivity contribution in [1.29, 1.82) is 5.26 Å². The predicted molar refractivity (Wildman–Crippen MR) is 96.0 cm³/mol. The van der Waals surface area contributed by atoms with Crippen molar-refractivity contribution >= 4 is 32.9 Å². The molecule has 8 nitrogen and oxygen atoms in total. The van der Waals surface area contributed by atoms with E-state index in [0.29, 0.717) is 17.9 Å². The predicted octanol–water partition coefficient (Wildman–Crippen LogP) is 2.24. The van der Waals surface area contributed by atoms with E-state index in [1.807, 2.05) is 0 Å². The van der Waals surface area contributed by atoms with Crippen LogP contribution in [0.3, 0.4) is 0 Å². The van der Waals surface area contributed by atoms with E-state index in [1.165, 1.54) is 29.0 Å². The van der Waals surface area contributed by atoms with E-state index in [0.717, 1.165) is 0 Å². The van der Waals surface area contributed by atoms with Gasteiger partial charge in [-0.25, -0.2) is 8.89 Å². The van der Waals surface area contributed by atoms with Crippen LogP contribution in [0.25, 0.3) is 5.69 Å². The minimum Gasteiger partial charge on any atom is -0.307 e. The first-order valence-electron chi connectivity index (χ1n) is 7.37. The maximum atomic E-state index is 12.8. The third-order valence-electron chi connectivity index (χ3n) is 3.66. The second kappa shape index (κ2) is 7.63. The number of rotatable bonds is 5. The number of hydrogen-bond donors (Lipinski definition) is 0. The molecular formula is C15H17ClN6O2S. The summed E-state index contributed by atoms with van der Waals surface area (Å²) in [4.78, 5) is 18.2. The van der Waals surface area contributed by atoms with Gasteiger partial charge in [0, 0.05) is 19.0 Å². The summed E-state index contributed by atoms with van der Waals surface area (Å²) in [6, 6.07) is 3.55. The maximum Gasteiger partial charge on any atom is 0.243 e. The standard InChI is InChI=1S/C15H17ClN6O2S/c1-4-21(15(23)11(2)25(3,24)19-10-17)13-9-22(20-14(13)16)12-6-5-7-18-8-12/h5-9,11H,4H2,1-3H3. The Hall–Kier alpha value is -2.44. The number of amides is 1. The summed E-state index contributed by atoms with van der Waals surface area (Å²) in [5.74, 6) is -0.443. The number of halogens is 1. The van der Waals surface area contributed by atoms with Crippen LogP contribution in [0.1, 0.15) is 13.8 Å². The maximum absolute atomic E-state index is 12.8. The largest absolute Gasteiger partial charge is 0.307 e. The molecule has 0 saturated heterocycles. The lowest BCUT2D eigenvalue weighted by Gasteiger charge is -2.23. The van der Waals surface area contributed by atoms with Crippen LogP contribution >= 0.6 is 11.6 Å². The highest BCUT2D eigenvalue weighted by Gasteiger charge is 2.29. The minimum atomic E-state index is -2.99. The molecule has 0 radical (unpaired) electrons. The van der Waals surface area contributed by atoms with Crippen LogP contribution < -0.4 is 4.90 Å². The van der Waals surface area contributed by atoms with Gasteiger partial charge in [0.15, 0.2) is 5.15 Å². The normalized spacial score (nSPS) is 14.2. The lowest BCUT2D eigenvalue weighted by atomic mass is 10.3. The number of carbonyl (C=O) groups is 1. The Labute approximate surface area is 151 Å². The zero-order chi connectivity index (χ0) is 18.6. The third-order valence-corrected chi connectivity index (χ3v) is 5.89. The fraction of sp³-hybridized carbons (Fsp3) is 0.333. The minimum absolute atomic E-state index is 0.131. The fourth-order valence-corrected chi connectivity index (χ4v) is 3.21. The molecular weight excluding hydrogens is 364 g/mol. The molecule has 0 bridgehead atoms. The van der Waals surface area contributed by atoms with Crippen LogP contribution in [0.4, 0.5) is 5.69 Å². The summed E-state index contributed by atoms with van der Waals surface area (Å²) in [7, 11) is -2.99. The van der Waals surface area contributed by atoms with Gasteiger partial charge < -0.3 is 4.90 Å². The van der Waals surface area contributed by atoms with Gasteiger partial charge in [-0.15, -0.1) is 4.36 Å². The summed E-state index contributed by atoms with van der Waals surface area (Å²) in [5, 5.41) is 12.0. The fourth-order valence-electron chi connectivity index (χ4n) is 2.16.